The average Bonchev–Trinajstić information content (AvgIpc) is 3.00. The number of nitrogens with zero attached hydrogens (tertiary/aromatic N) is 2. The summed E-state index contributed by atoms with van der Waals surface area (Å²) >= 11 is 1.57. The van der Waals surface area contributed by atoms with Gasteiger partial charge in [0.1, 0.15) is 5.01 Å². The molecule has 1 unspecified atom stereocenters. The molecule has 1 aromatic carbocycles. The summed E-state index contributed by atoms with van der Waals surface area (Å²) < 4.78 is 5.40. The summed E-state index contributed by atoms with van der Waals surface area (Å²) in [5.41, 5.74) is 2.55. The van der Waals surface area contributed by atoms with Crippen LogP contribution in [0.5, 0.6) is 0 Å². The molecule has 0 spiro atoms. The standard InChI is InChI=1S/C17H18N2O4S/c1-11-10-24-16(18-11)12-2-4-13(5-3-12)17(22)19-6-7-23-14(9-19)8-15(20)21/h2-5,10,14H,6-9H2,1H3,(H,20,21). The number of thiazole rings is 1. The van der Waals surface area contributed by atoms with Gasteiger partial charge in [0.25, 0.3) is 5.91 Å². The van der Waals surface area contributed by atoms with Crippen LogP contribution >= 0.6 is 11.3 Å². The Morgan fingerprint density at radius 3 is 2.75 bits per heavy atom. The van der Waals surface area contributed by atoms with Crippen LogP contribution in [0.15, 0.2) is 29.6 Å². The molecule has 1 aromatic heterocycles. The second kappa shape index (κ2) is 7.11. The molecule has 0 radical (unpaired) electrons. The molecular formula is C17H18N2O4S. The Labute approximate surface area is 143 Å². The highest BCUT2D eigenvalue weighted by atomic mass is 32.1. The third kappa shape index (κ3) is 3.80. The zero-order chi connectivity index (χ0) is 17.1. The van der Waals surface area contributed by atoms with Crippen molar-refractivity contribution in [2.45, 2.75) is 19.4 Å². The topological polar surface area (TPSA) is 79.7 Å². The van der Waals surface area contributed by atoms with E-state index in [1.165, 1.54) is 0 Å². The van der Waals surface area contributed by atoms with Crippen LogP contribution in [0.3, 0.4) is 0 Å². The molecule has 2 heterocycles. The second-order valence-corrected chi connectivity index (χ2v) is 6.57. The highest BCUT2D eigenvalue weighted by Gasteiger charge is 2.26. The summed E-state index contributed by atoms with van der Waals surface area (Å²) in [5.74, 6) is -1.02. The average molecular weight is 346 g/mol. The minimum absolute atomic E-state index is 0.0912. The first kappa shape index (κ1) is 16.6. The number of hydrogen-bond donors (Lipinski definition) is 1. The van der Waals surface area contributed by atoms with Crippen LogP contribution in [-0.2, 0) is 9.53 Å². The Kier molecular flexibility index (Phi) is 4.92. The van der Waals surface area contributed by atoms with Crippen LogP contribution in [0, 0.1) is 6.92 Å². The van der Waals surface area contributed by atoms with Crippen LogP contribution in [0.25, 0.3) is 10.6 Å². The SMILES string of the molecule is Cc1csc(-c2ccc(C(=O)N3CCOC(CC(=O)O)C3)cc2)n1. The number of carboxylic acid groups (broad SMARTS) is 1. The monoisotopic (exact) mass is 346 g/mol. The number of aryl methyl sites for hydroxylation is 1. The van der Waals surface area contributed by atoms with Gasteiger partial charge in [0.15, 0.2) is 0 Å². The van der Waals surface area contributed by atoms with Crippen LogP contribution in [0.1, 0.15) is 22.5 Å². The molecule has 7 heteroatoms. The Bertz CT molecular complexity index is 741. The Morgan fingerprint density at radius 2 is 2.12 bits per heavy atom. The zero-order valence-electron chi connectivity index (χ0n) is 13.3. The number of carbonyl (C=O) groups is 2. The maximum absolute atomic E-state index is 12.6. The van der Waals surface area contributed by atoms with Gasteiger partial charge in [-0.05, 0) is 19.1 Å². The number of aromatic nitrogens is 1. The van der Waals surface area contributed by atoms with Crippen molar-refractivity contribution >= 4 is 23.2 Å². The number of rotatable bonds is 4. The van der Waals surface area contributed by atoms with E-state index in [4.69, 9.17) is 9.84 Å². The van der Waals surface area contributed by atoms with Gasteiger partial charge in [-0.15, -0.1) is 11.3 Å². The molecule has 126 valence electrons. The fourth-order valence-electron chi connectivity index (χ4n) is 2.65. The number of carbonyl (C=O) groups excluding carboxylic acids is 1. The number of aliphatic carboxylic acids is 1. The number of morpholine rings is 1. The van der Waals surface area contributed by atoms with E-state index in [-0.39, 0.29) is 12.3 Å². The van der Waals surface area contributed by atoms with Crippen LogP contribution in [0.2, 0.25) is 0 Å². The Hall–Kier alpha value is -2.25. The number of hydrogen-bond acceptors (Lipinski definition) is 5. The van der Waals surface area contributed by atoms with Gasteiger partial charge in [0.2, 0.25) is 0 Å². The lowest BCUT2D eigenvalue weighted by Gasteiger charge is -2.32. The predicted octanol–water partition coefficient (Wildman–Crippen LogP) is 2.43. The number of amides is 1. The highest BCUT2D eigenvalue weighted by molar-refractivity contribution is 7.13. The first-order valence-electron chi connectivity index (χ1n) is 7.68. The fourth-order valence-corrected chi connectivity index (χ4v) is 3.45. The molecule has 1 fully saturated rings. The molecule has 1 aliphatic heterocycles. The third-order valence-electron chi connectivity index (χ3n) is 3.83. The van der Waals surface area contributed by atoms with Gasteiger partial charge in [0.05, 0.1) is 19.1 Å². The molecular weight excluding hydrogens is 328 g/mol. The summed E-state index contributed by atoms with van der Waals surface area (Å²) in [5, 5.41) is 11.8. The second-order valence-electron chi connectivity index (χ2n) is 5.71. The van der Waals surface area contributed by atoms with Crippen molar-refractivity contribution in [3.05, 3.63) is 40.9 Å². The van der Waals surface area contributed by atoms with E-state index in [9.17, 15) is 9.59 Å². The molecule has 1 N–H and O–H groups in total. The molecule has 0 bridgehead atoms. The first-order chi connectivity index (χ1) is 11.5. The van der Waals surface area contributed by atoms with Crippen molar-refractivity contribution in [1.29, 1.82) is 0 Å². The molecule has 2 aromatic rings. The lowest BCUT2D eigenvalue weighted by atomic mass is 10.1. The maximum atomic E-state index is 12.6. The van der Waals surface area contributed by atoms with Crippen molar-refractivity contribution in [2.75, 3.05) is 19.7 Å². The Balaban J connectivity index is 1.69. The quantitative estimate of drug-likeness (QED) is 0.920. The van der Waals surface area contributed by atoms with Gasteiger partial charge in [-0.3, -0.25) is 9.59 Å². The summed E-state index contributed by atoms with van der Waals surface area (Å²) in [6.07, 6.45) is -0.538. The minimum Gasteiger partial charge on any atom is -0.481 e. The van der Waals surface area contributed by atoms with Crippen molar-refractivity contribution in [1.82, 2.24) is 9.88 Å². The van der Waals surface area contributed by atoms with Crippen molar-refractivity contribution in [2.24, 2.45) is 0 Å². The van der Waals surface area contributed by atoms with Gasteiger partial charge >= 0.3 is 5.97 Å². The van der Waals surface area contributed by atoms with Crippen molar-refractivity contribution < 1.29 is 19.4 Å². The molecule has 3 rings (SSSR count). The summed E-state index contributed by atoms with van der Waals surface area (Å²) in [6.45, 7) is 3.09. The smallest absolute Gasteiger partial charge is 0.306 e. The van der Waals surface area contributed by atoms with E-state index in [0.717, 1.165) is 16.3 Å². The predicted molar refractivity (Wildman–Crippen MR) is 90.2 cm³/mol. The lowest BCUT2D eigenvalue weighted by Crippen LogP contribution is -2.46. The highest BCUT2D eigenvalue weighted by Crippen LogP contribution is 2.24. The van der Waals surface area contributed by atoms with Gasteiger partial charge in [-0.25, -0.2) is 4.98 Å². The van der Waals surface area contributed by atoms with Gasteiger partial charge in [-0.1, -0.05) is 12.1 Å². The van der Waals surface area contributed by atoms with E-state index in [2.05, 4.69) is 4.98 Å². The molecule has 1 aliphatic rings. The summed E-state index contributed by atoms with van der Waals surface area (Å²) in [4.78, 5) is 29.5. The van der Waals surface area contributed by atoms with Crippen LogP contribution < -0.4 is 0 Å². The Morgan fingerprint density at radius 1 is 1.38 bits per heavy atom. The molecule has 1 atom stereocenters. The van der Waals surface area contributed by atoms with Crippen LogP contribution in [0.4, 0.5) is 0 Å². The maximum Gasteiger partial charge on any atom is 0.306 e. The van der Waals surface area contributed by atoms with Gasteiger partial charge < -0.3 is 14.7 Å². The minimum atomic E-state index is -0.919. The van der Waals surface area contributed by atoms with Crippen molar-refractivity contribution in [3.63, 3.8) is 0 Å². The molecule has 1 amide bonds. The number of carboxylic acids is 1. The van der Waals surface area contributed by atoms with E-state index in [1.54, 1.807) is 28.4 Å². The fraction of sp³-hybridized carbons (Fsp3) is 0.353. The number of benzene rings is 1. The zero-order valence-corrected chi connectivity index (χ0v) is 14.1. The van der Waals surface area contributed by atoms with Crippen LogP contribution in [-0.4, -0.2) is 52.7 Å². The molecule has 0 saturated carbocycles. The lowest BCUT2D eigenvalue weighted by molar-refractivity contribution is -0.141. The number of ether oxygens (including phenoxy) is 1. The largest absolute Gasteiger partial charge is 0.481 e. The molecule has 24 heavy (non-hydrogen) atoms. The molecule has 0 aliphatic carbocycles. The van der Waals surface area contributed by atoms with E-state index >= 15 is 0 Å². The summed E-state index contributed by atoms with van der Waals surface area (Å²) in [6, 6.07) is 7.35. The van der Waals surface area contributed by atoms with Crippen molar-refractivity contribution in [3.8, 4) is 10.6 Å². The van der Waals surface area contributed by atoms with Gasteiger partial charge in [0, 0.05) is 35.3 Å². The summed E-state index contributed by atoms with van der Waals surface area (Å²) in [7, 11) is 0. The normalized spacial score (nSPS) is 17.7. The molecule has 6 nitrogen and oxygen atoms in total. The van der Waals surface area contributed by atoms with E-state index in [0.29, 0.717) is 25.3 Å². The van der Waals surface area contributed by atoms with Gasteiger partial charge in [-0.2, -0.15) is 0 Å². The van der Waals surface area contributed by atoms with E-state index < -0.39 is 12.1 Å². The van der Waals surface area contributed by atoms with E-state index in [1.807, 2.05) is 24.4 Å². The third-order valence-corrected chi connectivity index (χ3v) is 4.84. The molecule has 1 saturated heterocycles. The first-order valence-corrected chi connectivity index (χ1v) is 8.56.